The Morgan fingerprint density at radius 3 is 2.52 bits per heavy atom. The second-order valence-electron chi connectivity index (χ2n) is 5.97. The molecule has 0 bridgehead atoms. The minimum Gasteiger partial charge on any atom is -0.475 e. The van der Waals surface area contributed by atoms with Crippen molar-refractivity contribution in [3.8, 4) is 5.88 Å². The third-order valence-corrected chi connectivity index (χ3v) is 3.28. The highest BCUT2D eigenvalue weighted by Crippen LogP contribution is 2.31. The maximum Gasteiger partial charge on any atom is 0.224 e. The molecule has 0 fully saturated rings. The van der Waals surface area contributed by atoms with E-state index in [1.165, 1.54) is 6.07 Å². The van der Waals surface area contributed by atoms with Crippen molar-refractivity contribution in [2.75, 3.05) is 13.2 Å². The van der Waals surface area contributed by atoms with Gasteiger partial charge in [0.2, 0.25) is 5.88 Å². The van der Waals surface area contributed by atoms with Crippen LogP contribution in [0.3, 0.4) is 0 Å². The number of hydrogen-bond acceptors (Lipinski definition) is 4. The third-order valence-electron chi connectivity index (χ3n) is 3.28. The maximum atomic E-state index is 14.4. The van der Waals surface area contributed by atoms with Gasteiger partial charge in [0.1, 0.15) is 23.8 Å². The van der Waals surface area contributed by atoms with E-state index < -0.39 is 0 Å². The molecule has 0 amide bonds. The summed E-state index contributed by atoms with van der Waals surface area (Å²) in [5.41, 5.74) is 0.934. The first-order valence-electron chi connectivity index (χ1n) is 7.11. The molecule has 21 heavy (non-hydrogen) atoms. The zero-order chi connectivity index (χ0) is 15.6. The molecule has 0 saturated carbocycles. The van der Waals surface area contributed by atoms with Crippen molar-refractivity contribution in [2.24, 2.45) is 0 Å². The van der Waals surface area contributed by atoms with Crippen LogP contribution in [0.1, 0.15) is 39.1 Å². The summed E-state index contributed by atoms with van der Waals surface area (Å²) in [6.07, 6.45) is 0.589. The third kappa shape index (κ3) is 3.29. The van der Waals surface area contributed by atoms with Crippen molar-refractivity contribution < 1.29 is 14.2 Å². The lowest BCUT2D eigenvalue weighted by molar-refractivity contribution is 0.198. The average molecular weight is 292 g/mol. The highest BCUT2D eigenvalue weighted by Gasteiger charge is 2.19. The molecule has 1 heterocycles. The number of aliphatic hydroxyl groups is 1. The largest absolute Gasteiger partial charge is 0.475 e. The van der Waals surface area contributed by atoms with Gasteiger partial charge in [-0.25, -0.2) is 9.37 Å². The number of fused-ring (bicyclic) bond motifs is 1. The van der Waals surface area contributed by atoms with Crippen LogP contribution in [0.2, 0.25) is 0 Å². The molecule has 2 rings (SSSR count). The number of ether oxygens (including phenoxy) is 1. The lowest BCUT2D eigenvalue weighted by atomic mass is 9.86. The first-order valence-corrected chi connectivity index (χ1v) is 7.11. The van der Waals surface area contributed by atoms with Gasteiger partial charge >= 0.3 is 0 Å². The van der Waals surface area contributed by atoms with Crippen molar-refractivity contribution in [3.05, 3.63) is 29.3 Å². The number of aryl methyl sites for hydroxylation is 1. The highest BCUT2D eigenvalue weighted by molar-refractivity contribution is 5.85. The number of rotatable bonds is 4. The summed E-state index contributed by atoms with van der Waals surface area (Å²) in [4.78, 5) is 8.57. The van der Waals surface area contributed by atoms with Gasteiger partial charge in [0.05, 0.1) is 12.0 Å². The molecule has 0 aliphatic rings. The Labute approximate surface area is 124 Å². The Bertz CT molecular complexity index is 651. The van der Waals surface area contributed by atoms with E-state index in [-0.39, 0.29) is 30.0 Å². The van der Waals surface area contributed by atoms with Gasteiger partial charge in [-0.3, -0.25) is 0 Å². The first kappa shape index (κ1) is 15.6. The summed E-state index contributed by atoms with van der Waals surface area (Å²) in [6, 6.07) is 3.38. The van der Waals surface area contributed by atoms with Crippen molar-refractivity contribution >= 4 is 10.9 Å². The Hall–Kier alpha value is -1.75. The van der Waals surface area contributed by atoms with Gasteiger partial charge in [0.25, 0.3) is 0 Å². The van der Waals surface area contributed by atoms with Crippen LogP contribution in [0, 0.1) is 5.82 Å². The predicted octanol–water partition coefficient (Wildman–Crippen LogP) is 3.00. The molecule has 0 saturated heterocycles. The van der Waals surface area contributed by atoms with E-state index in [9.17, 15) is 4.39 Å². The van der Waals surface area contributed by atoms with Crippen LogP contribution in [0.15, 0.2) is 12.1 Å². The number of hydrogen-bond donors (Lipinski definition) is 1. The quantitative estimate of drug-likeness (QED) is 0.941. The Kier molecular flexibility index (Phi) is 4.42. The summed E-state index contributed by atoms with van der Waals surface area (Å²) in [5, 5.41) is 9.47. The van der Waals surface area contributed by atoms with Crippen molar-refractivity contribution in [1.82, 2.24) is 9.97 Å². The summed E-state index contributed by atoms with van der Waals surface area (Å²) in [5.74, 6) is 0.483. The number of aromatic nitrogens is 2. The number of nitrogens with zero attached hydrogens (tertiary/aromatic N) is 2. The van der Waals surface area contributed by atoms with Crippen LogP contribution in [0.5, 0.6) is 5.88 Å². The summed E-state index contributed by atoms with van der Waals surface area (Å²) in [6.45, 7) is 7.96. The molecule has 0 radical (unpaired) electrons. The molecule has 1 aromatic carbocycles. The van der Waals surface area contributed by atoms with Crippen LogP contribution in [-0.2, 0) is 11.8 Å². The average Bonchev–Trinajstić information content (AvgIpc) is 2.43. The van der Waals surface area contributed by atoms with Crippen LogP contribution in [-0.4, -0.2) is 28.3 Å². The minimum absolute atomic E-state index is 0.117. The molecule has 1 N–H and O–H groups in total. The molecule has 0 atom stereocenters. The molecule has 1 aromatic heterocycles. The molecule has 114 valence electrons. The zero-order valence-electron chi connectivity index (χ0n) is 12.9. The molecule has 2 aromatic rings. The van der Waals surface area contributed by atoms with E-state index in [0.29, 0.717) is 23.5 Å². The molecular weight excluding hydrogens is 271 g/mol. The summed E-state index contributed by atoms with van der Waals surface area (Å²) >= 11 is 0. The SMILES string of the molecule is CCc1nc(OCCO)c2cc(C(C)(C)C)cc(F)c2n1. The second-order valence-corrected chi connectivity index (χ2v) is 5.97. The molecule has 0 spiro atoms. The fourth-order valence-electron chi connectivity index (χ4n) is 2.05. The summed E-state index contributed by atoms with van der Waals surface area (Å²) in [7, 11) is 0. The van der Waals surface area contributed by atoms with Crippen LogP contribution in [0.4, 0.5) is 4.39 Å². The molecule has 4 nitrogen and oxygen atoms in total. The van der Waals surface area contributed by atoms with Gasteiger partial charge in [-0.1, -0.05) is 27.7 Å². The molecular formula is C16H21FN2O2. The molecule has 0 aliphatic heterocycles. The summed E-state index contributed by atoms with van der Waals surface area (Å²) < 4.78 is 19.9. The lowest BCUT2D eigenvalue weighted by Crippen LogP contribution is -2.13. The highest BCUT2D eigenvalue weighted by atomic mass is 19.1. The van der Waals surface area contributed by atoms with E-state index in [1.54, 1.807) is 0 Å². The van der Waals surface area contributed by atoms with Crippen molar-refractivity contribution in [3.63, 3.8) is 0 Å². The molecule has 0 aliphatic carbocycles. The molecule has 5 heteroatoms. The van der Waals surface area contributed by atoms with Gasteiger partial charge in [-0.2, -0.15) is 4.98 Å². The van der Waals surface area contributed by atoms with Gasteiger partial charge in [-0.05, 0) is 23.1 Å². The number of aliphatic hydroxyl groups excluding tert-OH is 1. The van der Waals surface area contributed by atoms with Crippen molar-refractivity contribution in [2.45, 2.75) is 39.5 Å². The van der Waals surface area contributed by atoms with Crippen LogP contribution < -0.4 is 4.74 Å². The van der Waals surface area contributed by atoms with E-state index in [4.69, 9.17) is 9.84 Å². The minimum atomic E-state index is -0.372. The standard InChI is InChI=1S/C16H21FN2O2/c1-5-13-18-14-11(15(19-13)21-7-6-20)8-10(9-12(14)17)16(2,3)4/h8-9,20H,5-7H2,1-4H3. The van der Waals surface area contributed by atoms with E-state index >= 15 is 0 Å². The lowest BCUT2D eigenvalue weighted by Gasteiger charge is -2.20. The van der Waals surface area contributed by atoms with Crippen molar-refractivity contribution in [1.29, 1.82) is 0 Å². The van der Waals surface area contributed by atoms with Gasteiger partial charge < -0.3 is 9.84 Å². The molecule has 0 unspecified atom stereocenters. The van der Waals surface area contributed by atoms with Gasteiger partial charge in [0.15, 0.2) is 0 Å². The number of halogens is 1. The van der Waals surface area contributed by atoms with Crippen LogP contribution >= 0.6 is 0 Å². The van der Waals surface area contributed by atoms with Gasteiger partial charge in [-0.15, -0.1) is 0 Å². The topological polar surface area (TPSA) is 55.2 Å². The Balaban J connectivity index is 2.69. The monoisotopic (exact) mass is 292 g/mol. The van der Waals surface area contributed by atoms with E-state index in [1.807, 2.05) is 33.8 Å². The maximum absolute atomic E-state index is 14.4. The van der Waals surface area contributed by atoms with E-state index in [0.717, 1.165) is 5.56 Å². The second kappa shape index (κ2) is 5.93. The number of benzene rings is 1. The smallest absolute Gasteiger partial charge is 0.224 e. The van der Waals surface area contributed by atoms with Crippen LogP contribution in [0.25, 0.3) is 10.9 Å². The normalized spacial score (nSPS) is 11.9. The fraction of sp³-hybridized carbons (Fsp3) is 0.500. The van der Waals surface area contributed by atoms with Gasteiger partial charge in [0, 0.05) is 6.42 Å². The Morgan fingerprint density at radius 1 is 1.24 bits per heavy atom. The first-order chi connectivity index (χ1) is 9.86. The van der Waals surface area contributed by atoms with E-state index in [2.05, 4.69) is 9.97 Å². The predicted molar refractivity (Wildman–Crippen MR) is 80.2 cm³/mol. The Morgan fingerprint density at radius 2 is 1.95 bits per heavy atom. The zero-order valence-corrected chi connectivity index (χ0v) is 12.9. The fourth-order valence-corrected chi connectivity index (χ4v) is 2.05.